The Morgan fingerprint density at radius 3 is 3.12 bits per heavy atom. The van der Waals surface area contributed by atoms with Crippen LogP contribution in [-0.4, -0.2) is 40.4 Å². The fourth-order valence-electron chi connectivity index (χ4n) is 3.38. The van der Waals surface area contributed by atoms with E-state index < -0.39 is 0 Å². The zero-order valence-corrected chi connectivity index (χ0v) is 10.8. The van der Waals surface area contributed by atoms with Crippen LogP contribution < -0.4 is 5.32 Å². The van der Waals surface area contributed by atoms with E-state index in [0.29, 0.717) is 0 Å². The van der Waals surface area contributed by atoms with Gasteiger partial charge in [0, 0.05) is 26.2 Å². The molecule has 3 heterocycles. The number of rotatable bonds is 2. The molecule has 2 aliphatic rings. The molecule has 3 rings (SSSR count). The lowest BCUT2D eigenvalue weighted by atomic mass is 9.92. The van der Waals surface area contributed by atoms with Crippen molar-refractivity contribution in [3.05, 3.63) is 17.5 Å². The first-order valence-corrected chi connectivity index (χ1v) is 6.68. The molecule has 0 aliphatic carbocycles. The first kappa shape index (κ1) is 11.2. The summed E-state index contributed by atoms with van der Waals surface area (Å²) in [6.45, 7) is 6.75. The Morgan fingerprint density at radius 2 is 2.35 bits per heavy atom. The molecule has 2 atom stereocenters. The molecule has 2 saturated heterocycles. The summed E-state index contributed by atoms with van der Waals surface area (Å²) in [7, 11) is 2.05. The first-order chi connectivity index (χ1) is 8.24. The third-order valence-electron chi connectivity index (χ3n) is 4.26. The van der Waals surface area contributed by atoms with Crippen molar-refractivity contribution in [3.63, 3.8) is 0 Å². The van der Waals surface area contributed by atoms with Crippen molar-refractivity contribution in [3.8, 4) is 0 Å². The van der Waals surface area contributed by atoms with E-state index in [1.807, 2.05) is 4.68 Å². The van der Waals surface area contributed by atoms with E-state index in [4.69, 9.17) is 0 Å². The maximum absolute atomic E-state index is 4.44. The molecule has 17 heavy (non-hydrogen) atoms. The van der Waals surface area contributed by atoms with Crippen LogP contribution in [0.4, 0.5) is 0 Å². The molecule has 0 saturated carbocycles. The quantitative estimate of drug-likeness (QED) is 0.826. The maximum atomic E-state index is 4.44. The summed E-state index contributed by atoms with van der Waals surface area (Å²) < 4.78 is 2.03. The topological polar surface area (TPSA) is 33.1 Å². The summed E-state index contributed by atoms with van der Waals surface area (Å²) in [5.74, 6) is 0.873. The van der Waals surface area contributed by atoms with E-state index in [2.05, 4.69) is 35.4 Å². The van der Waals surface area contributed by atoms with Gasteiger partial charge in [0.2, 0.25) is 0 Å². The van der Waals surface area contributed by atoms with Gasteiger partial charge in [-0.25, -0.2) is 0 Å². The standard InChI is InChI=1S/C13H22N4/c1-10-6-12(16(2)15-10)9-17-5-3-4-11-7-14-8-13(11)17/h6,11,13-14H,3-5,7-9H2,1-2H3. The van der Waals surface area contributed by atoms with E-state index in [1.54, 1.807) is 0 Å². The SMILES string of the molecule is Cc1cc(CN2CCCC3CNCC32)n(C)n1. The van der Waals surface area contributed by atoms with Crippen molar-refractivity contribution >= 4 is 0 Å². The zero-order chi connectivity index (χ0) is 11.8. The monoisotopic (exact) mass is 234 g/mol. The molecular formula is C13H22N4. The number of hydrogen-bond donors (Lipinski definition) is 1. The summed E-state index contributed by atoms with van der Waals surface area (Å²) >= 11 is 0. The van der Waals surface area contributed by atoms with Crippen molar-refractivity contribution in [2.45, 2.75) is 32.4 Å². The molecule has 0 amide bonds. The number of nitrogens with one attached hydrogen (secondary N) is 1. The number of fused-ring (bicyclic) bond motifs is 1. The number of nitrogens with zero attached hydrogens (tertiary/aromatic N) is 3. The Kier molecular flexibility index (Phi) is 2.92. The Labute approximate surface area is 103 Å². The first-order valence-electron chi connectivity index (χ1n) is 6.68. The lowest BCUT2D eigenvalue weighted by Crippen LogP contribution is -2.44. The summed E-state index contributed by atoms with van der Waals surface area (Å²) in [5.41, 5.74) is 2.47. The summed E-state index contributed by atoms with van der Waals surface area (Å²) in [6, 6.07) is 2.96. The van der Waals surface area contributed by atoms with Gasteiger partial charge < -0.3 is 5.32 Å². The minimum Gasteiger partial charge on any atom is -0.315 e. The number of likely N-dealkylation sites (tertiary alicyclic amines) is 1. The van der Waals surface area contributed by atoms with Crippen molar-refractivity contribution < 1.29 is 0 Å². The largest absolute Gasteiger partial charge is 0.315 e. The van der Waals surface area contributed by atoms with Crippen LogP contribution >= 0.6 is 0 Å². The summed E-state index contributed by atoms with van der Waals surface area (Å²) in [5, 5.41) is 7.97. The van der Waals surface area contributed by atoms with Gasteiger partial charge in [-0.1, -0.05) is 0 Å². The van der Waals surface area contributed by atoms with Gasteiger partial charge in [0.05, 0.1) is 11.4 Å². The van der Waals surface area contributed by atoms with Crippen LogP contribution in [0.3, 0.4) is 0 Å². The van der Waals surface area contributed by atoms with Crippen molar-refractivity contribution in [2.24, 2.45) is 13.0 Å². The maximum Gasteiger partial charge on any atom is 0.0597 e. The molecule has 0 spiro atoms. The smallest absolute Gasteiger partial charge is 0.0597 e. The molecule has 0 aromatic carbocycles. The van der Waals surface area contributed by atoms with E-state index in [0.717, 1.165) is 24.2 Å². The number of aromatic nitrogens is 2. The molecule has 1 aromatic rings. The number of aryl methyl sites for hydroxylation is 2. The minimum atomic E-state index is 0.749. The molecule has 94 valence electrons. The van der Waals surface area contributed by atoms with E-state index in [-0.39, 0.29) is 0 Å². The second-order valence-corrected chi connectivity index (χ2v) is 5.50. The van der Waals surface area contributed by atoms with Crippen LogP contribution in [-0.2, 0) is 13.6 Å². The lowest BCUT2D eigenvalue weighted by molar-refractivity contribution is 0.114. The highest BCUT2D eigenvalue weighted by molar-refractivity contribution is 5.09. The summed E-state index contributed by atoms with van der Waals surface area (Å²) in [6.07, 6.45) is 2.75. The van der Waals surface area contributed by atoms with Gasteiger partial charge in [0.25, 0.3) is 0 Å². The number of piperidine rings is 1. The normalized spacial score (nSPS) is 29.5. The van der Waals surface area contributed by atoms with Crippen LogP contribution in [0.1, 0.15) is 24.2 Å². The van der Waals surface area contributed by atoms with Crippen molar-refractivity contribution in [2.75, 3.05) is 19.6 Å². The van der Waals surface area contributed by atoms with Gasteiger partial charge >= 0.3 is 0 Å². The summed E-state index contributed by atoms with van der Waals surface area (Å²) in [4.78, 5) is 2.64. The fraction of sp³-hybridized carbons (Fsp3) is 0.769. The third kappa shape index (κ3) is 2.11. The molecule has 0 radical (unpaired) electrons. The van der Waals surface area contributed by atoms with Crippen LogP contribution in [0, 0.1) is 12.8 Å². The predicted molar refractivity (Wildman–Crippen MR) is 67.7 cm³/mol. The second kappa shape index (κ2) is 4.42. The van der Waals surface area contributed by atoms with Crippen molar-refractivity contribution in [1.29, 1.82) is 0 Å². The van der Waals surface area contributed by atoms with Gasteiger partial charge in [-0.2, -0.15) is 5.10 Å². The Bertz CT molecular complexity index is 398. The molecule has 4 heteroatoms. The van der Waals surface area contributed by atoms with Crippen LogP contribution in [0.15, 0.2) is 6.07 Å². The molecule has 4 nitrogen and oxygen atoms in total. The number of hydrogen-bond acceptors (Lipinski definition) is 3. The highest BCUT2D eigenvalue weighted by atomic mass is 15.3. The average Bonchev–Trinajstić information content (AvgIpc) is 2.87. The molecule has 2 unspecified atom stereocenters. The van der Waals surface area contributed by atoms with Gasteiger partial charge in [0.1, 0.15) is 0 Å². The molecule has 1 N–H and O–H groups in total. The molecular weight excluding hydrogens is 212 g/mol. The third-order valence-corrected chi connectivity index (χ3v) is 4.26. The molecule has 2 aliphatic heterocycles. The van der Waals surface area contributed by atoms with Gasteiger partial charge in [0.15, 0.2) is 0 Å². The zero-order valence-electron chi connectivity index (χ0n) is 10.8. The highest BCUT2D eigenvalue weighted by Gasteiger charge is 2.34. The minimum absolute atomic E-state index is 0.749. The van der Waals surface area contributed by atoms with Crippen LogP contribution in [0.2, 0.25) is 0 Å². The van der Waals surface area contributed by atoms with Gasteiger partial charge in [-0.3, -0.25) is 9.58 Å². The predicted octanol–water partition coefficient (Wildman–Crippen LogP) is 0.912. The Morgan fingerprint density at radius 1 is 1.47 bits per heavy atom. The van der Waals surface area contributed by atoms with Crippen LogP contribution in [0.25, 0.3) is 0 Å². The van der Waals surface area contributed by atoms with Gasteiger partial charge in [-0.05, 0) is 44.8 Å². The molecule has 1 aromatic heterocycles. The Hall–Kier alpha value is -0.870. The highest BCUT2D eigenvalue weighted by Crippen LogP contribution is 2.27. The van der Waals surface area contributed by atoms with E-state index in [9.17, 15) is 0 Å². The van der Waals surface area contributed by atoms with E-state index in [1.165, 1.54) is 38.2 Å². The molecule has 0 bridgehead atoms. The van der Waals surface area contributed by atoms with Crippen molar-refractivity contribution in [1.82, 2.24) is 20.0 Å². The Balaban J connectivity index is 1.73. The molecule has 2 fully saturated rings. The average molecular weight is 234 g/mol. The fourth-order valence-corrected chi connectivity index (χ4v) is 3.38. The lowest BCUT2D eigenvalue weighted by Gasteiger charge is -2.36. The van der Waals surface area contributed by atoms with Gasteiger partial charge in [-0.15, -0.1) is 0 Å². The second-order valence-electron chi connectivity index (χ2n) is 5.50. The van der Waals surface area contributed by atoms with Crippen LogP contribution in [0.5, 0.6) is 0 Å². The van der Waals surface area contributed by atoms with E-state index >= 15 is 0 Å².